The third-order valence-electron chi connectivity index (χ3n) is 2.69. The number of aromatic nitrogens is 1. The van der Waals surface area contributed by atoms with Crippen LogP contribution in [0, 0.1) is 0 Å². The highest BCUT2D eigenvalue weighted by Gasteiger charge is 2.22. The van der Waals surface area contributed by atoms with E-state index in [-0.39, 0.29) is 16.1 Å². The van der Waals surface area contributed by atoms with Gasteiger partial charge < -0.3 is 5.32 Å². The smallest absolute Gasteiger partial charge is 0.242 e. The number of hydrogen-bond acceptors (Lipinski definition) is 5. The molecule has 0 spiro atoms. The second-order valence-electron chi connectivity index (χ2n) is 5.86. The van der Waals surface area contributed by atoms with Gasteiger partial charge in [-0.1, -0.05) is 6.92 Å². The zero-order valence-electron chi connectivity index (χ0n) is 13.5. The third-order valence-corrected chi connectivity index (χ3v) is 5.55. The lowest BCUT2D eigenvalue weighted by atomic mass is 10.1. The van der Waals surface area contributed by atoms with Crippen molar-refractivity contribution in [3.05, 3.63) is 18.3 Å². The molecule has 6 nitrogen and oxygen atoms in total. The molecule has 0 saturated heterocycles. The van der Waals surface area contributed by atoms with E-state index < -0.39 is 15.6 Å². The predicted molar refractivity (Wildman–Crippen MR) is 90.5 cm³/mol. The van der Waals surface area contributed by atoms with E-state index in [1.807, 2.05) is 13.2 Å². The zero-order valence-corrected chi connectivity index (χ0v) is 15.1. The number of rotatable bonds is 6. The predicted octanol–water partition coefficient (Wildman–Crippen LogP) is 2.24. The first-order valence-corrected chi connectivity index (χ1v) is 9.70. The van der Waals surface area contributed by atoms with Crippen LogP contribution >= 0.6 is 11.8 Å². The summed E-state index contributed by atoms with van der Waals surface area (Å²) >= 11 is 1.47. The molecule has 1 aromatic heterocycles. The van der Waals surface area contributed by atoms with Gasteiger partial charge in [0.15, 0.2) is 0 Å². The van der Waals surface area contributed by atoms with Gasteiger partial charge in [-0.15, -0.1) is 0 Å². The first-order valence-electron chi connectivity index (χ1n) is 6.92. The molecule has 1 rings (SSSR count). The van der Waals surface area contributed by atoms with Crippen LogP contribution in [0.2, 0.25) is 0 Å². The highest BCUT2D eigenvalue weighted by molar-refractivity contribution is 7.99. The average molecular weight is 345 g/mol. The minimum atomic E-state index is -3.62. The fourth-order valence-electron chi connectivity index (χ4n) is 1.74. The van der Waals surface area contributed by atoms with Crippen molar-refractivity contribution in [2.75, 3.05) is 11.6 Å². The van der Waals surface area contributed by atoms with Crippen LogP contribution in [0.3, 0.4) is 0 Å². The molecule has 1 atom stereocenters. The van der Waals surface area contributed by atoms with Crippen molar-refractivity contribution >= 4 is 33.5 Å². The third kappa shape index (κ3) is 5.58. The van der Waals surface area contributed by atoms with E-state index in [4.69, 9.17) is 0 Å². The summed E-state index contributed by atoms with van der Waals surface area (Å²) in [6.45, 7) is 7.22. The van der Waals surface area contributed by atoms with Crippen LogP contribution in [0.1, 0.15) is 34.1 Å². The average Bonchev–Trinajstić information content (AvgIpc) is 2.38. The van der Waals surface area contributed by atoms with Crippen LogP contribution in [0.15, 0.2) is 23.2 Å². The van der Waals surface area contributed by atoms with Gasteiger partial charge in [-0.2, -0.15) is 11.8 Å². The summed E-state index contributed by atoms with van der Waals surface area (Å²) in [6, 6.07) is 2.92. The lowest BCUT2D eigenvalue weighted by molar-refractivity contribution is -0.115. The van der Waals surface area contributed by atoms with E-state index >= 15 is 0 Å². The second-order valence-corrected chi connectivity index (χ2v) is 8.58. The summed E-state index contributed by atoms with van der Waals surface area (Å²) in [7, 11) is -3.62. The Bertz CT molecular complexity index is 603. The molecule has 0 aliphatic rings. The van der Waals surface area contributed by atoms with E-state index in [0.717, 1.165) is 6.42 Å². The van der Waals surface area contributed by atoms with Gasteiger partial charge in [0.2, 0.25) is 15.9 Å². The maximum Gasteiger partial charge on any atom is 0.242 e. The molecule has 0 aliphatic heterocycles. The molecule has 0 fully saturated rings. The number of pyridine rings is 1. The molecule has 0 aromatic carbocycles. The minimum Gasteiger partial charge on any atom is -0.310 e. The molecule has 1 aromatic rings. The van der Waals surface area contributed by atoms with Gasteiger partial charge in [0.25, 0.3) is 0 Å². The fourth-order valence-corrected chi connectivity index (χ4v) is 3.71. The maximum absolute atomic E-state index is 12.1. The van der Waals surface area contributed by atoms with E-state index in [9.17, 15) is 13.2 Å². The summed E-state index contributed by atoms with van der Waals surface area (Å²) in [5, 5.41) is 2.54. The molecule has 0 radical (unpaired) electrons. The molecule has 1 amide bonds. The largest absolute Gasteiger partial charge is 0.310 e. The Hall–Kier alpha value is -1.12. The van der Waals surface area contributed by atoms with Crippen molar-refractivity contribution in [1.29, 1.82) is 0 Å². The number of sulfonamides is 1. The van der Waals surface area contributed by atoms with Gasteiger partial charge in [0.05, 0.1) is 5.25 Å². The molecular weight excluding hydrogens is 322 g/mol. The number of anilines is 1. The van der Waals surface area contributed by atoms with E-state index in [1.54, 1.807) is 20.8 Å². The Morgan fingerprint density at radius 3 is 2.41 bits per heavy atom. The van der Waals surface area contributed by atoms with Crippen molar-refractivity contribution in [3.63, 3.8) is 0 Å². The molecule has 124 valence electrons. The number of thioether (sulfide) groups is 1. The quantitative estimate of drug-likeness (QED) is 0.825. The maximum atomic E-state index is 12.1. The standard InChI is InChI=1S/C14H23N3O3S2/c1-6-11(21-5)13(18)16-12-8-7-10(9-15-12)22(19,20)17-14(2,3)4/h7-9,11,17H,6H2,1-5H3,(H,15,16,18). The summed E-state index contributed by atoms with van der Waals surface area (Å²) in [5.74, 6) is 0.207. The zero-order chi connectivity index (χ0) is 17.0. The van der Waals surface area contributed by atoms with E-state index in [2.05, 4.69) is 15.0 Å². The van der Waals surface area contributed by atoms with Crippen LogP contribution in [0.25, 0.3) is 0 Å². The minimum absolute atomic E-state index is 0.0670. The molecule has 8 heteroatoms. The Balaban J connectivity index is 2.85. The van der Waals surface area contributed by atoms with E-state index in [0.29, 0.717) is 5.82 Å². The molecule has 22 heavy (non-hydrogen) atoms. The molecular formula is C14H23N3O3S2. The fraction of sp³-hybridized carbons (Fsp3) is 0.571. The monoisotopic (exact) mass is 345 g/mol. The van der Waals surface area contributed by atoms with Gasteiger partial charge in [0, 0.05) is 11.7 Å². The van der Waals surface area contributed by atoms with Crippen molar-refractivity contribution in [2.45, 2.75) is 49.8 Å². The first kappa shape index (κ1) is 18.9. The lowest BCUT2D eigenvalue weighted by Crippen LogP contribution is -2.40. The number of hydrogen-bond donors (Lipinski definition) is 2. The van der Waals surface area contributed by atoms with Crippen molar-refractivity contribution < 1.29 is 13.2 Å². The molecule has 0 saturated carbocycles. The molecule has 0 aliphatic carbocycles. The molecule has 0 bridgehead atoms. The van der Waals surface area contributed by atoms with Crippen molar-refractivity contribution in [3.8, 4) is 0 Å². The normalized spacial score (nSPS) is 13.7. The number of amides is 1. The van der Waals surface area contributed by atoms with Gasteiger partial charge in [-0.3, -0.25) is 4.79 Å². The lowest BCUT2D eigenvalue weighted by Gasteiger charge is -2.20. The Morgan fingerprint density at radius 1 is 1.36 bits per heavy atom. The van der Waals surface area contributed by atoms with E-state index in [1.165, 1.54) is 30.1 Å². The Kier molecular flexibility index (Phi) is 6.39. The summed E-state index contributed by atoms with van der Waals surface area (Å²) in [4.78, 5) is 16.0. The van der Waals surface area contributed by atoms with Crippen LogP contribution in [-0.2, 0) is 14.8 Å². The topological polar surface area (TPSA) is 88.2 Å². The number of nitrogens with one attached hydrogen (secondary N) is 2. The van der Waals surface area contributed by atoms with Gasteiger partial charge in [0.1, 0.15) is 10.7 Å². The van der Waals surface area contributed by atoms with Gasteiger partial charge >= 0.3 is 0 Å². The highest BCUT2D eigenvalue weighted by Crippen LogP contribution is 2.16. The summed E-state index contributed by atoms with van der Waals surface area (Å²) in [6.07, 6.45) is 3.83. The molecule has 2 N–H and O–H groups in total. The van der Waals surface area contributed by atoms with Crippen LogP contribution < -0.4 is 10.0 Å². The Labute approximate surface area is 136 Å². The number of nitrogens with zero attached hydrogens (tertiary/aromatic N) is 1. The van der Waals surface area contributed by atoms with Crippen LogP contribution in [-0.4, -0.2) is 36.4 Å². The van der Waals surface area contributed by atoms with Crippen LogP contribution in [0.4, 0.5) is 5.82 Å². The van der Waals surface area contributed by atoms with Gasteiger partial charge in [-0.05, 0) is 45.6 Å². The van der Waals surface area contributed by atoms with Gasteiger partial charge in [-0.25, -0.2) is 18.1 Å². The SMILES string of the molecule is CCC(SC)C(=O)Nc1ccc(S(=O)(=O)NC(C)(C)C)cn1. The Morgan fingerprint density at radius 2 is 2.00 bits per heavy atom. The second kappa shape index (κ2) is 7.43. The highest BCUT2D eigenvalue weighted by atomic mass is 32.2. The van der Waals surface area contributed by atoms with Crippen LogP contribution in [0.5, 0.6) is 0 Å². The molecule has 1 unspecified atom stereocenters. The van der Waals surface area contributed by atoms with Crippen molar-refractivity contribution in [1.82, 2.24) is 9.71 Å². The van der Waals surface area contributed by atoms with Crippen molar-refractivity contribution in [2.24, 2.45) is 0 Å². The first-order chi connectivity index (χ1) is 10.1. The number of carbonyl (C=O) groups is 1. The summed E-state index contributed by atoms with van der Waals surface area (Å²) in [5.41, 5.74) is -0.571. The molecule has 1 heterocycles. The summed E-state index contributed by atoms with van der Waals surface area (Å²) < 4.78 is 26.8. The number of carbonyl (C=O) groups excluding carboxylic acids is 1.